The number of fused-ring (bicyclic) bond motifs is 1. The SMILES string of the molecule is O=C1CN(c2c(O)cc3ccc(OC(CO)CCl)cc3c2F)S(=O)(=O)N1. The Morgan fingerprint density at radius 2 is 2.12 bits per heavy atom. The van der Waals surface area contributed by atoms with Crippen molar-refractivity contribution < 1.29 is 32.6 Å². The van der Waals surface area contributed by atoms with E-state index in [4.69, 9.17) is 21.4 Å². The van der Waals surface area contributed by atoms with E-state index in [0.717, 1.165) is 0 Å². The molecule has 2 aromatic rings. The Morgan fingerprint density at radius 1 is 1.38 bits per heavy atom. The van der Waals surface area contributed by atoms with Crippen LogP contribution in [-0.2, 0) is 15.0 Å². The van der Waals surface area contributed by atoms with Gasteiger partial charge in [0.2, 0.25) is 0 Å². The van der Waals surface area contributed by atoms with E-state index >= 15 is 0 Å². The molecule has 1 aliphatic rings. The summed E-state index contributed by atoms with van der Waals surface area (Å²) in [5, 5.41) is 19.5. The molecular weight excluding hydrogens is 391 g/mol. The predicted octanol–water partition coefficient (Wildman–Crippen LogP) is 0.844. The molecule has 2 aromatic carbocycles. The molecule has 26 heavy (non-hydrogen) atoms. The maximum atomic E-state index is 15.0. The van der Waals surface area contributed by atoms with Gasteiger partial charge in [0.15, 0.2) is 5.82 Å². The number of aliphatic hydroxyl groups is 1. The van der Waals surface area contributed by atoms with Crippen LogP contribution in [0.2, 0.25) is 0 Å². The van der Waals surface area contributed by atoms with E-state index in [0.29, 0.717) is 9.69 Å². The van der Waals surface area contributed by atoms with E-state index in [-0.39, 0.29) is 23.6 Å². The predicted molar refractivity (Wildman–Crippen MR) is 92.2 cm³/mol. The summed E-state index contributed by atoms with van der Waals surface area (Å²) in [6, 6.07) is 5.43. The van der Waals surface area contributed by atoms with Crippen LogP contribution in [0.5, 0.6) is 11.5 Å². The van der Waals surface area contributed by atoms with Crippen molar-refractivity contribution in [2.75, 3.05) is 23.3 Å². The second-order valence-corrected chi connectivity index (χ2v) is 7.46. The number of carbonyl (C=O) groups excluding carboxylic acids is 1. The van der Waals surface area contributed by atoms with Crippen LogP contribution < -0.4 is 13.8 Å². The molecule has 0 spiro atoms. The molecule has 0 saturated carbocycles. The minimum absolute atomic E-state index is 0.0116. The van der Waals surface area contributed by atoms with Gasteiger partial charge in [-0.25, -0.2) is 13.4 Å². The molecular formula is C15H14ClFN2O6S. The molecule has 0 aromatic heterocycles. The summed E-state index contributed by atoms with van der Waals surface area (Å²) in [7, 11) is -4.29. The number of anilines is 1. The van der Waals surface area contributed by atoms with Crippen molar-refractivity contribution in [2.24, 2.45) is 0 Å². The fourth-order valence-electron chi connectivity index (χ4n) is 2.57. The molecule has 0 bridgehead atoms. The van der Waals surface area contributed by atoms with Crippen molar-refractivity contribution in [3.05, 3.63) is 30.1 Å². The Bertz CT molecular complexity index is 980. The molecule has 3 rings (SSSR count). The number of ether oxygens (including phenoxy) is 1. The average molecular weight is 405 g/mol. The maximum absolute atomic E-state index is 15.0. The van der Waals surface area contributed by atoms with Crippen molar-refractivity contribution in [3.63, 3.8) is 0 Å². The number of aliphatic hydroxyl groups excluding tert-OH is 1. The largest absolute Gasteiger partial charge is 0.506 e. The van der Waals surface area contributed by atoms with Crippen LogP contribution in [0.15, 0.2) is 24.3 Å². The average Bonchev–Trinajstić information content (AvgIpc) is 2.85. The summed E-state index contributed by atoms with van der Waals surface area (Å²) in [6.07, 6.45) is -0.699. The van der Waals surface area contributed by atoms with E-state index < -0.39 is 46.0 Å². The number of amides is 1. The first-order chi connectivity index (χ1) is 12.3. The second-order valence-electron chi connectivity index (χ2n) is 5.55. The lowest BCUT2D eigenvalue weighted by Crippen LogP contribution is -2.30. The Morgan fingerprint density at radius 3 is 2.69 bits per heavy atom. The number of nitrogens with one attached hydrogen (secondary N) is 1. The van der Waals surface area contributed by atoms with Crippen molar-refractivity contribution in [1.29, 1.82) is 0 Å². The smallest absolute Gasteiger partial charge is 0.326 e. The van der Waals surface area contributed by atoms with E-state index in [2.05, 4.69) is 0 Å². The molecule has 1 aliphatic heterocycles. The van der Waals surface area contributed by atoms with Gasteiger partial charge in [-0.2, -0.15) is 8.42 Å². The molecule has 140 valence electrons. The Labute approximate surface area is 152 Å². The van der Waals surface area contributed by atoms with Gasteiger partial charge in [0.05, 0.1) is 12.5 Å². The lowest BCUT2D eigenvalue weighted by molar-refractivity contribution is -0.117. The maximum Gasteiger partial charge on any atom is 0.326 e. The van der Waals surface area contributed by atoms with E-state index in [1.54, 1.807) is 4.72 Å². The summed E-state index contributed by atoms with van der Waals surface area (Å²) in [4.78, 5) is 11.4. The third-order valence-corrected chi connectivity index (χ3v) is 5.47. The molecule has 1 unspecified atom stereocenters. The molecule has 1 fully saturated rings. The Hall–Kier alpha value is -2.30. The summed E-state index contributed by atoms with van der Waals surface area (Å²) < 4.78 is 46.5. The monoisotopic (exact) mass is 404 g/mol. The minimum atomic E-state index is -4.29. The van der Waals surface area contributed by atoms with Crippen LogP contribution >= 0.6 is 11.6 Å². The van der Waals surface area contributed by atoms with Gasteiger partial charge >= 0.3 is 10.2 Å². The number of benzene rings is 2. The van der Waals surface area contributed by atoms with Crippen molar-refractivity contribution in [2.45, 2.75) is 6.10 Å². The molecule has 0 aliphatic carbocycles. The van der Waals surface area contributed by atoms with Gasteiger partial charge in [-0.15, -0.1) is 11.6 Å². The number of hydrogen-bond acceptors (Lipinski definition) is 6. The summed E-state index contributed by atoms with van der Waals surface area (Å²) >= 11 is 5.64. The molecule has 1 saturated heterocycles. The van der Waals surface area contributed by atoms with E-state index in [1.165, 1.54) is 24.3 Å². The number of phenolic OH excluding ortho intramolecular Hbond substituents is 1. The molecule has 0 radical (unpaired) electrons. The highest BCUT2D eigenvalue weighted by atomic mass is 35.5. The standard InChI is InChI=1S/C15H14ClFN2O6S/c16-5-10(7-20)25-9-2-1-8-3-12(21)15(14(17)11(8)4-9)19-6-13(22)18-26(19,23)24/h1-4,10,20-21H,5-7H2,(H,18,22). The minimum Gasteiger partial charge on any atom is -0.506 e. The molecule has 8 nitrogen and oxygen atoms in total. The number of halogens is 2. The summed E-state index contributed by atoms with van der Waals surface area (Å²) in [5.74, 6) is -2.28. The zero-order chi connectivity index (χ0) is 19.1. The number of carbonyl (C=O) groups is 1. The lowest BCUT2D eigenvalue weighted by atomic mass is 10.1. The zero-order valence-corrected chi connectivity index (χ0v) is 14.7. The normalized spacial score (nSPS) is 17.3. The number of rotatable bonds is 5. The highest BCUT2D eigenvalue weighted by molar-refractivity contribution is 7.92. The number of alkyl halides is 1. The van der Waals surface area contributed by atoms with Gasteiger partial charge in [0.25, 0.3) is 5.91 Å². The first-order valence-electron chi connectivity index (χ1n) is 7.39. The second kappa shape index (κ2) is 6.78. The molecule has 11 heteroatoms. The number of aromatic hydroxyl groups is 1. The Kier molecular flexibility index (Phi) is 4.82. The first kappa shape index (κ1) is 18.5. The van der Waals surface area contributed by atoms with Gasteiger partial charge in [-0.3, -0.25) is 4.79 Å². The van der Waals surface area contributed by atoms with E-state index in [9.17, 15) is 22.7 Å². The van der Waals surface area contributed by atoms with E-state index in [1.807, 2.05) is 0 Å². The number of hydrogen-bond donors (Lipinski definition) is 3. The third-order valence-electron chi connectivity index (χ3n) is 3.75. The fraction of sp³-hybridized carbons (Fsp3) is 0.267. The van der Waals surface area contributed by atoms with Gasteiger partial charge in [-0.1, -0.05) is 6.07 Å². The van der Waals surface area contributed by atoms with Crippen LogP contribution in [0, 0.1) is 5.82 Å². The fourth-order valence-corrected chi connectivity index (χ4v) is 3.90. The number of phenols is 1. The van der Waals surface area contributed by atoms with Gasteiger partial charge in [0.1, 0.15) is 29.8 Å². The molecule has 1 heterocycles. The molecule has 1 amide bonds. The molecule has 3 N–H and O–H groups in total. The molecule has 1 atom stereocenters. The van der Waals surface area contributed by atoms with Gasteiger partial charge < -0.3 is 14.9 Å². The topological polar surface area (TPSA) is 116 Å². The van der Waals surface area contributed by atoms with Crippen LogP contribution in [0.1, 0.15) is 0 Å². The highest BCUT2D eigenvalue weighted by Crippen LogP contribution is 2.39. The quantitative estimate of drug-likeness (QED) is 0.636. The summed E-state index contributed by atoms with van der Waals surface area (Å²) in [5.41, 5.74) is -0.635. The van der Waals surface area contributed by atoms with Crippen molar-refractivity contribution in [1.82, 2.24) is 4.72 Å². The highest BCUT2D eigenvalue weighted by Gasteiger charge is 2.37. The van der Waals surface area contributed by atoms with Crippen LogP contribution in [0.4, 0.5) is 10.1 Å². The third kappa shape index (κ3) is 3.22. The van der Waals surface area contributed by atoms with Crippen LogP contribution in [0.3, 0.4) is 0 Å². The summed E-state index contributed by atoms with van der Waals surface area (Å²) in [6.45, 7) is -0.988. The lowest BCUT2D eigenvalue weighted by Gasteiger charge is -2.19. The van der Waals surface area contributed by atoms with Crippen LogP contribution in [-0.4, -0.2) is 49.7 Å². The van der Waals surface area contributed by atoms with Crippen molar-refractivity contribution >= 4 is 44.2 Å². The van der Waals surface area contributed by atoms with Crippen molar-refractivity contribution in [3.8, 4) is 11.5 Å². The Balaban J connectivity index is 2.12. The van der Waals surface area contributed by atoms with Gasteiger partial charge in [0, 0.05) is 5.39 Å². The number of nitrogens with zero attached hydrogens (tertiary/aromatic N) is 1. The zero-order valence-electron chi connectivity index (χ0n) is 13.1. The first-order valence-corrected chi connectivity index (χ1v) is 9.36. The van der Waals surface area contributed by atoms with Crippen LogP contribution in [0.25, 0.3) is 10.8 Å². The van der Waals surface area contributed by atoms with Gasteiger partial charge in [-0.05, 0) is 23.6 Å².